The second-order valence-electron chi connectivity index (χ2n) is 5.02. The number of aliphatic carboxylic acids is 1. The van der Waals surface area contributed by atoms with Gasteiger partial charge in [0, 0.05) is 11.1 Å². The lowest BCUT2D eigenvalue weighted by Crippen LogP contribution is -2.49. The van der Waals surface area contributed by atoms with Gasteiger partial charge in [-0.1, -0.05) is 13.8 Å². The number of carboxylic acid groups (broad SMARTS) is 1. The molecule has 0 aromatic heterocycles. The van der Waals surface area contributed by atoms with Gasteiger partial charge in [-0.2, -0.15) is 0 Å². The summed E-state index contributed by atoms with van der Waals surface area (Å²) in [7, 11) is 0. The minimum absolute atomic E-state index is 0.0519. The van der Waals surface area contributed by atoms with E-state index in [1.807, 2.05) is 0 Å². The Bertz CT molecular complexity index is 528. The molecule has 0 bridgehead atoms. The van der Waals surface area contributed by atoms with Crippen molar-refractivity contribution in [1.82, 2.24) is 5.32 Å². The van der Waals surface area contributed by atoms with E-state index < -0.39 is 29.0 Å². The summed E-state index contributed by atoms with van der Waals surface area (Å²) in [5.74, 6) is -2.83. The molecule has 0 radical (unpaired) electrons. The van der Waals surface area contributed by atoms with Gasteiger partial charge in [-0.25, -0.2) is 8.78 Å². The lowest BCUT2D eigenvalue weighted by atomic mass is 9.88. The van der Waals surface area contributed by atoms with Crippen LogP contribution in [0, 0.1) is 11.6 Å². The zero-order chi connectivity index (χ0) is 16.0. The summed E-state index contributed by atoms with van der Waals surface area (Å²) < 4.78 is 26.6. The molecule has 0 atom stereocenters. The molecule has 0 aliphatic carbocycles. The number of hydrogen-bond donors (Lipinski definition) is 2. The third-order valence-corrected chi connectivity index (χ3v) is 3.61. The highest BCUT2D eigenvalue weighted by Gasteiger charge is 2.31. The van der Waals surface area contributed by atoms with E-state index in [1.54, 1.807) is 13.8 Å². The lowest BCUT2D eigenvalue weighted by Gasteiger charge is -2.31. The summed E-state index contributed by atoms with van der Waals surface area (Å²) in [5, 5.41) is 11.6. The van der Waals surface area contributed by atoms with E-state index in [0.29, 0.717) is 12.8 Å². The number of rotatable bonds is 7. The van der Waals surface area contributed by atoms with E-state index in [-0.39, 0.29) is 18.4 Å². The Kier molecular flexibility index (Phi) is 5.81. The number of benzene rings is 1. The Hall–Kier alpha value is -1.98. The molecule has 1 aromatic carbocycles. The lowest BCUT2D eigenvalue weighted by molar-refractivity contribution is -0.139. The Morgan fingerprint density at radius 2 is 1.86 bits per heavy atom. The van der Waals surface area contributed by atoms with E-state index >= 15 is 0 Å². The van der Waals surface area contributed by atoms with Crippen LogP contribution >= 0.6 is 0 Å². The first kappa shape index (κ1) is 17.1. The molecule has 116 valence electrons. The average Bonchev–Trinajstić information content (AvgIpc) is 2.41. The molecule has 1 aromatic rings. The van der Waals surface area contributed by atoms with Crippen LogP contribution in [-0.4, -0.2) is 22.5 Å². The molecule has 0 fully saturated rings. The molecule has 0 aliphatic heterocycles. The highest BCUT2D eigenvalue weighted by Crippen LogP contribution is 2.20. The molecule has 1 rings (SSSR count). The SMILES string of the molecule is CCC(CC)(CC(=O)O)NC(=O)Cc1cc(F)ccc1F. The molecule has 0 heterocycles. The molecule has 0 aliphatic rings. The van der Waals surface area contributed by atoms with Crippen molar-refractivity contribution in [2.75, 3.05) is 0 Å². The fourth-order valence-corrected chi connectivity index (χ4v) is 2.20. The zero-order valence-electron chi connectivity index (χ0n) is 12.1. The third kappa shape index (κ3) is 4.81. The maximum Gasteiger partial charge on any atom is 0.305 e. The second kappa shape index (κ2) is 7.15. The van der Waals surface area contributed by atoms with Crippen LogP contribution in [0.1, 0.15) is 38.7 Å². The van der Waals surface area contributed by atoms with Gasteiger partial charge in [-0.15, -0.1) is 0 Å². The van der Waals surface area contributed by atoms with Crippen molar-refractivity contribution in [3.8, 4) is 0 Å². The van der Waals surface area contributed by atoms with E-state index in [9.17, 15) is 18.4 Å². The number of carbonyl (C=O) groups is 2. The van der Waals surface area contributed by atoms with Gasteiger partial charge in [0.05, 0.1) is 12.8 Å². The molecule has 0 unspecified atom stereocenters. The van der Waals surface area contributed by atoms with Gasteiger partial charge in [0.15, 0.2) is 0 Å². The molecule has 0 saturated heterocycles. The number of amides is 1. The maximum absolute atomic E-state index is 13.5. The predicted octanol–water partition coefficient (Wildman–Crippen LogP) is 2.66. The first-order chi connectivity index (χ1) is 9.81. The highest BCUT2D eigenvalue weighted by atomic mass is 19.1. The largest absolute Gasteiger partial charge is 0.481 e. The minimum atomic E-state index is -1.02. The van der Waals surface area contributed by atoms with Crippen molar-refractivity contribution in [2.24, 2.45) is 0 Å². The van der Waals surface area contributed by atoms with Crippen molar-refractivity contribution in [3.05, 3.63) is 35.4 Å². The zero-order valence-corrected chi connectivity index (χ0v) is 12.1. The normalized spacial score (nSPS) is 11.2. The second-order valence-corrected chi connectivity index (χ2v) is 5.02. The van der Waals surface area contributed by atoms with Crippen LogP contribution in [0.4, 0.5) is 8.78 Å². The topological polar surface area (TPSA) is 66.4 Å². The Labute approximate surface area is 122 Å². The standard InChI is InChI=1S/C15H19F2NO3/c1-3-15(4-2,9-14(20)21)18-13(19)8-10-7-11(16)5-6-12(10)17/h5-7H,3-4,8-9H2,1-2H3,(H,18,19)(H,20,21). The van der Waals surface area contributed by atoms with Crippen LogP contribution in [0.15, 0.2) is 18.2 Å². The van der Waals surface area contributed by atoms with Gasteiger partial charge in [-0.05, 0) is 31.0 Å². The molecule has 0 saturated carbocycles. The number of halogens is 2. The molecule has 2 N–H and O–H groups in total. The number of nitrogens with one attached hydrogen (secondary N) is 1. The Morgan fingerprint density at radius 1 is 1.24 bits per heavy atom. The molecule has 1 amide bonds. The summed E-state index contributed by atoms with van der Waals surface area (Å²) >= 11 is 0. The maximum atomic E-state index is 13.5. The summed E-state index contributed by atoms with van der Waals surface area (Å²) in [6, 6.07) is 2.90. The Morgan fingerprint density at radius 3 is 2.38 bits per heavy atom. The van der Waals surface area contributed by atoms with Gasteiger partial charge in [-0.3, -0.25) is 9.59 Å². The van der Waals surface area contributed by atoms with Gasteiger partial charge < -0.3 is 10.4 Å². The van der Waals surface area contributed by atoms with Crippen LogP contribution in [-0.2, 0) is 16.0 Å². The van der Waals surface area contributed by atoms with Crippen LogP contribution in [0.2, 0.25) is 0 Å². The predicted molar refractivity (Wildman–Crippen MR) is 73.8 cm³/mol. The minimum Gasteiger partial charge on any atom is -0.481 e. The van der Waals surface area contributed by atoms with E-state index in [1.165, 1.54) is 0 Å². The quantitative estimate of drug-likeness (QED) is 0.813. The van der Waals surface area contributed by atoms with Crippen molar-refractivity contribution in [3.63, 3.8) is 0 Å². The fraction of sp³-hybridized carbons (Fsp3) is 0.467. The average molecular weight is 299 g/mol. The molecule has 6 heteroatoms. The summed E-state index contributed by atoms with van der Waals surface area (Å²) in [5.41, 5.74) is -0.920. The first-order valence-electron chi connectivity index (χ1n) is 6.78. The molecule has 4 nitrogen and oxygen atoms in total. The van der Waals surface area contributed by atoms with Gasteiger partial charge in [0.1, 0.15) is 11.6 Å². The smallest absolute Gasteiger partial charge is 0.305 e. The summed E-state index contributed by atoms with van der Waals surface area (Å²) in [6.07, 6.45) is 0.336. The van der Waals surface area contributed by atoms with Crippen molar-refractivity contribution in [1.29, 1.82) is 0 Å². The molecular formula is C15H19F2NO3. The van der Waals surface area contributed by atoms with Crippen LogP contribution in [0.5, 0.6) is 0 Å². The monoisotopic (exact) mass is 299 g/mol. The van der Waals surface area contributed by atoms with Gasteiger partial charge in [0.2, 0.25) is 5.91 Å². The van der Waals surface area contributed by atoms with Gasteiger partial charge in [0.25, 0.3) is 0 Å². The first-order valence-corrected chi connectivity index (χ1v) is 6.78. The summed E-state index contributed by atoms with van der Waals surface area (Å²) in [6.45, 7) is 3.55. The van der Waals surface area contributed by atoms with Crippen molar-refractivity contribution < 1.29 is 23.5 Å². The van der Waals surface area contributed by atoms with Crippen LogP contribution in [0.3, 0.4) is 0 Å². The van der Waals surface area contributed by atoms with E-state index in [0.717, 1.165) is 18.2 Å². The number of carbonyl (C=O) groups excluding carboxylic acids is 1. The molecule has 21 heavy (non-hydrogen) atoms. The van der Waals surface area contributed by atoms with Gasteiger partial charge >= 0.3 is 5.97 Å². The van der Waals surface area contributed by atoms with Crippen molar-refractivity contribution in [2.45, 2.75) is 45.1 Å². The molecular weight excluding hydrogens is 280 g/mol. The number of carboxylic acids is 1. The van der Waals surface area contributed by atoms with Crippen LogP contribution in [0.25, 0.3) is 0 Å². The number of hydrogen-bond acceptors (Lipinski definition) is 2. The van der Waals surface area contributed by atoms with Crippen LogP contribution < -0.4 is 5.32 Å². The van der Waals surface area contributed by atoms with E-state index in [4.69, 9.17) is 5.11 Å². The summed E-state index contributed by atoms with van der Waals surface area (Å²) in [4.78, 5) is 22.9. The van der Waals surface area contributed by atoms with Crippen molar-refractivity contribution >= 4 is 11.9 Å². The highest BCUT2D eigenvalue weighted by molar-refractivity contribution is 5.80. The fourth-order valence-electron chi connectivity index (χ4n) is 2.20. The molecule has 0 spiro atoms. The third-order valence-electron chi connectivity index (χ3n) is 3.61. The van der Waals surface area contributed by atoms with E-state index in [2.05, 4.69) is 5.32 Å². The Balaban J connectivity index is 2.83.